The fourth-order valence-electron chi connectivity index (χ4n) is 2.34. The summed E-state index contributed by atoms with van der Waals surface area (Å²) in [4.78, 5) is 16.4. The van der Waals surface area contributed by atoms with Gasteiger partial charge in [0.1, 0.15) is 5.82 Å². The second kappa shape index (κ2) is 5.78. The zero-order valence-electron chi connectivity index (χ0n) is 11.4. The van der Waals surface area contributed by atoms with Crippen molar-refractivity contribution in [3.8, 4) is 0 Å². The van der Waals surface area contributed by atoms with Crippen LogP contribution in [0.4, 0.5) is 5.82 Å². The summed E-state index contributed by atoms with van der Waals surface area (Å²) in [5.41, 5.74) is 0.510. The molecule has 0 spiro atoms. The lowest BCUT2D eigenvalue weighted by atomic mass is 9.74. The van der Waals surface area contributed by atoms with Gasteiger partial charge in [0.2, 0.25) is 0 Å². The summed E-state index contributed by atoms with van der Waals surface area (Å²) in [5, 5.41) is 6.65. The summed E-state index contributed by atoms with van der Waals surface area (Å²) in [5.74, 6) is 0.536. The third-order valence-electron chi connectivity index (χ3n) is 3.81. The van der Waals surface area contributed by atoms with Crippen LogP contribution in [-0.4, -0.2) is 23.0 Å². The van der Waals surface area contributed by atoms with Crippen LogP contribution in [0.5, 0.6) is 0 Å². The highest BCUT2D eigenvalue weighted by Crippen LogP contribution is 2.35. The molecule has 1 fully saturated rings. The number of hydrogen-bond donors (Lipinski definition) is 2. The summed E-state index contributed by atoms with van der Waals surface area (Å²) in [7, 11) is 0. The molecule has 0 saturated heterocycles. The van der Waals surface area contributed by atoms with Crippen molar-refractivity contribution < 1.29 is 4.79 Å². The van der Waals surface area contributed by atoms with Crippen LogP contribution < -0.4 is 10.6 Å². The zero-order valence-corrected chi connectivity index (χ0v) is 12.2. The largest absolute Gasteiger partial charge is 0.369 e. The van der Waals surface area contributed by atoms with Gasteiger partial charge in [-0.25, -0.2) is 4.98 Å². The number of aromatic nitrogens is 1. The minimum Gasteiger partial charge on any atom is -0.369 e. The molecule has 5 heteroatoms. The Hall–Kier alpha value is -1.29. The van der Waals surface area contributed by atoms with Crippen LogP contribution in [0.1, 0.15) is 49.9 Å². The van der Waals surface area contributed by atoms with Gasteiger partial charge < -0.3 is 10.6 Å². The first-order valence-corrected chi connectivity index (χ1v) is 7.20. The van der Waals surface area contributed by atoms with E-state index in [9.17, 15) is 4.79 Å². The summed E-state index contributed by atoms with van der Waals surface area (Å²) in [6.45, 7) is 4.83. The van der Waals surface area contributed by atoms with Crippen LogP contribution in [0.25, 0.3) is 0 Å². The van der Waals surface area contributed by atoms with Gasteiger partial charge >= 0.3 is 0 Å². The molecular weight excluding hydrogens is 262 g/mol. The Morgan fingerprint density at radius 2 is 2.21 bits per heavy atom. The highest BCUT2D eigenvalue weighted by molar-refractivity contribution is 6.33. The first-order valence-electron chi connectivity index (χ1n) is 6.82. The Balaban J connectivity index is 2.09. The van der Waals surface area contributed by atoms with Crippen molar-refractivity contribution in [2.45, 2.75) is 45.1 Å². The van der Waals surface area contributed by atoms with E-state index in [1.165, 1.54) is 6.42 Å². The van der Waals surface area contributed by atoms with Crippen molar-refractivity contribution in [1.82, 2.24) is 10.3 Å². The van der Waals surface area contributed by atoms with Crippen LogP contribution >= 0.6 is 11.6 Å². The maximum absolute atomic E-state index is 12.2. The minimum atomic E-state index is -0.0843. The van der Waals surface area contributed by atoms with Crippen LogP contribution in [0.3, 0.4) is 0 Å². The molecule has 0 aromatic carbocycles. The molecule has 4 nitrogen and oxygen atoms in total. The molecule has 0 unspecified atom stereocenters. The van der Waals surface area contributed by atoms with E-state index in [2.05, 4.69) is 22.5 Å². The number of halogens is 1. The van der Waals surface area contributed by atoms with E-state index in [0.29, 0.717) is 16.4 Å². The lowest BCUT2D eigenvalue weighted by Crippen LogP contribution is -2.53. The van der Waals surface area contributed by atoms with Crippen molar-refractivity contribution in [3.05, 3.63) is 22.8 Å². The standard InChI is InChI=1S/C14H20ClN3O/c1-3-14(6-5-7-14)18-13(19)10-8-11(15)12(16-4-2)17-9-10/h8-9H,3-7H2,1-2H3,(H,16,17)(H,18,19). The molecule has 1 aliphatic carbocycles. The molecule has 2 rings (SSSR count). The first-order chi connectivity index (χ1) is 9.10. The second-order valence-electron chi connectivity index (χ2n) is 5.03. The van der Waals surface area contributed by atoms with Gasteiger partial charge in [0.25, 0.3) is 5.91 Å². The average Bonchev–Trinajstić information content (AvgIpc) is 2.36. The van der Waals surface area contributed by atoms with Crippen molar-refractivity contribution in [3.63, 3.8) is 0 Å². The molecule has 0 radical (unpaired) electrons. The first kappa shape index (κ1) is 14.1. The quantitative estimate of drug-likeness (QED) is 0.871. The summed E-state index contributed by atoms with van der Waals surface area (Å²) < 4.78 is 0. The second-order valence-corrected chi connectivity index (χ2v) is 5.43. The molecular formula is C14H20ClN3O. The smallest absolute Gasteiger partial charge is 0.253 e. The molecule has 104 valence electrons. The fourth-order valence-corrected chi connectivity index (χ4v) is 2.58. The van der Waals surface area contributed by atoms with Crippen molar-refractivity contribution in [1.29, 1.82) is 0 Å². The SMILES string of the molecule is CCNc1ncc(C(=O)NC2(CC)CCC2)cc1Cl. The monoisotopic (exact) mass is 281 g/mol. The van der Waals surface area contributed by atoms with E-state index in [1.807, 2.05) is 6.92 Å². The minimum absolute atomic E-state index is 0.0100. The lowest BCUT2D eigenvalue weighted by molar-refractivity contribution is 0.0820. The van der Waals surface area contributed by atoms with Gasteiger partial charge in [-0.2, -0.15) is 0 Å². The van der Waals surface area contributed by atoms with E-state index >= 15 is 0 Å². The average molecular weight is 282 g/mol. The molecule has 0 aliphatic heterocycles. The topological polar surface area (TPSA) is 54.0 Å². The van der Waals surface area contributed by atoms with E-state index in [-0.39, 0.29) is 11.4 Å². The van der Waals surface area contributed by atoms with Crippen LogP contribution in [0.2, 0.25) is 5.02 Å². The van der Waals surface area contributed by atoms with Crippen LogP contribution in [-0.2, 0) is 0 Å². The highest BCUT2D eigenvalue weighted by Gasteiger charge is 2.36. The number of hydrogen-bond acceptors (Lipinski definition) is 3. The molecule has 1 aliphatic rings. The van der Waals surface area contributed by atoms with Crippen molar-refractivity contribution in [2.75, 3.05) is 11.9 Å². The number of rotatable bonds is 5. The van der Waals surface area contributed by atoms with Crippen molar-refractivity contribution in [2.24, 2.45) is 0 Å². The number of nitrogens with zero attached hydrogens (tertiary/aromatic N) is 1. The zero-order chi connectivity index (χ0) is 13.9. The normalized spacial score (nSPS) is 16.6. The molecule has 1 amide bonds. The summed E-state index contributed by atoms with van der Waals surface area (Å²) in [6, 6.07) is 1.67. The number of nitrogens with one attached hydrogen (secondary N) is 2. The highest BCUT2D eigenvalue weighted by atomic mass is 35.5. The number of pyridine rings is 1. The van der Waals surface area contributed by atoms with Gasteiger partial charge in [-0.3, -0.25) is 4.79 Å². The maximum atomic E-state index is 12.2. The van der Waals surface area contributed by atoms with Crippen molar-refractivity contribution >= 4 is 23.3 Å². The summed E-state index contributed by atoms with van der Waals surface area (Å²) >= 11 is 6.10. The number of amides is 1. The number of carbonyl (C=O) groups is 1. The third-order valence-corrected chi connectivity index (χ3v) is 4.10. The molecule has 19 heavy (non-hydrogen) atoms. The maximum Gasteiger partial charge on any atom is 0.253 e. The van der Waals surface area contributed by atoms with E-state index in [4.69, 9.17) is 11.6 Å². The Morgan fingerprint density at radius 1 is 1.47 bits per heavy atom. The van der Waals surface area contributed by atoms with Gasteiger partial charge in [0, 0.05) is 18.3 Å². The Bertz CT molecular complexity index is 466. The van der Waals surface area contributed by atoms with Gasteiger partial charge in [-0.15, -0.1) is 0 Å². The van der Waals surface area contributed by atoms with Gasteiger partial charge in [-0.05, 0) is 38.7 Å². The Kier molecular flexibility index (Phi) is 4.30. The Labute approximate surface area is 118 Å². The molecule has 1 heterocycles. The molecule has 0 bridgehead atoms. The number of anilines is 1. The predicted octanol–water partition coefficient (Wildman–Crippen LogP) is 3.23. The van der Waals surface area contributed by atoms with Gasteiger partial charge in [-0.1, -0.05) is 18.5 Å². The molecule has 0 atom stereocenters. The molecule has 1 aromatic heterocycles. The third kappa shape index (κ3) is 3.00. The predicted molar refractivity (Wildman–Crippen MR) is 77.7 cm³/mol. The number of carbonyl (C=O) groups excluding carboxylic acids is 1. The van der Waals surface area contributed by atoms with E-state index in [1.54, 1.807) is 12.3 Å². The lowest BCUT2D eigenvalue weighted by Gasteiger charge is -2.42. The molecule has 1 aromatic rings. The van der Waals surface area contributed by atoms with Crippen LogP contribution in [0, 0.1) is 0 Å². The molecule has 2 N–H and O–H groups in total. The van der Waals surface area contributed by atoms with E-state index in [0.717, 1.165) is 25.8 Å². The van der Waals surface area contributed by atoms with Crippen LogP contribution in [0.15, 0.2) is 12.3 Å². The van der Waals surface area contributed by atoms with Gasteiger partial charge in [0.05, 0.1) is 10.6 Å². The fraction of sp³-hybridized carbons (Fsp3) is 0.571. The summed E-state index contributed by atoms with van der Waals surface area (Å²) in [6.07, 6.45) is 5.85. The molecule has 1 saturated carbocycles. The van der Waals surface area contributed by atoms with E-state index < -0.39 is 0 Å². The Morgan fingerprint density at radius 3 is 2.68 bits per heavy atom. The van der Waals surface area contributed by atoms with Gasteiger partial charge in [0.15, 0.2) is 0 Å².